The normalized spacial score (nSPS) is 18.6. The molecule has 0 spiro atoms. The summed E-state index contributed by atoms with van der Waals surface area (Å²) in [4.78, 5) is 7.96. The van der Waals surface area contributed by atoms with Gasteiger partial charge in [0, 0.05) is 5.71 Å². The quantitative estimate of drug-likeness (QED) is 0.525. The lowest BCUT2D eigenvalue weighted by atomic mass is 9.86. The highest BCUT2D eigenvalue weighted by molar-refractivity contribution is 6.29. The van der Waals surface area contributed by atoms with Crippen molar-refractivity contribution < 1.29 is 0 Å². The van der Waals surface area contributed by atoms with Crippen LogP contribution in [-0.4, -0.2) is 21.5 Å². The maximum Gasteiger partial charge on any atom is 0.173 e. The highest BCUT2D eigenvalue weighted by Gasteiger charge is 2.16. The van der Waals surface area contributed by atoms with Gasteiger partial charge in [-0.15, -0.1) is 5.10 Å². The van der Waals surface area contributed by atoms with Gasteiger partial charge in [0.1, 0.15) is 10.8 Å². The Morgan fingerprint density at radius 3 is 2.68 bits per heavy atom. The third kappa shape index (κ3) is 3.99. The van der Waals surface area contributed by atoms with E-state index >= 15 is 0 Å². The van der Waals surface area contributed by atoms with E-state index in [0.717, 1.165) is 5.71 Å². The molecule has 0 amide bonds. The molecule has 5 nitrogen and oxygen atoms in total. The molecule has 2 rings (SSSR count). The average molecular weight is 280 g/mol. The van der Waals surface area contributed by atoms with Crippen molar-refractivity contribution in [2.24, 2.45) is 21.9 Å². The zero-order chi connectivity index (χ0) is 13.7. The monoisotopic (exact) mass is 279 g/mol. The molecule has 0 saturated heterocycles. The molecule has 0 radical (unpaired) electrons. The fourth-order valence-corrected chi connectivity index (χ4v) is 2.40. The first-order valence-corrected chi connectivity index (χ1v) is 6.90. The number of aromatic nitrogens is 2. The molecule has 2 N–H and O–H groups in total. The molecule has 102 valence electrons. The Morgan fingerprint density at radius 2 is 2.00 bits per heavy atom. The molecule has 1 saturated carbocycles. The van der Waals surface area contributed by atoms with Crippen LogP contribution in [-0.2, 0) is 0 Å². The van der Waals surface area contributed by atoms with Gasteiger partial charge in [0.15, 0.2) is 5.84 Å². The van der Waals surface area contributed by atoms with Gasteiger partial charge in [-0.1, -0.05) is 30.9 Å². The molecule has 0 aliphatic heterocycles. The van der Waals surface area contributed by atoms with Gasteiger partial charge in [-0.2, -0.15) is 5.10 Å². The largest absolute Gasteiger partial charge is 0.380 e. The Balaban J connectivity index is 2.07. The van der Waals surface area contributed by atoms with Gasteiger partial charge in [0.2, 0.25) is 0 Å². The Bertz CT molecular complexity index is 492. The number of hydrogen-bond donors (Lipinski definition) is 1. The van der Waals surface area contributed by atoms with E-state index in [1.165, 1.54) is 44.5 Å². The second kappa shape index (κ2) is 6.61. The average Bonchev–Trinajstić information content (AvgIpc) is 2.45. The molecule has 0 unspecified atom stereocenters. The molecule has 0 atom stereocenters. The summed E-state index contributed by atoms with van der Waals surface area (Å²) in [5.74, 6) is 0.779. The Morgan fingerprint density at radius 1 is 1.26 bits per heavy atom. The predicted molar refractivity (Wildman–Crippen MR) is 77.5 cm³/mol. The Kier molecular flexibility index (Phi) is 4.85. The van der Waals surface area contributed by atoms with E-state index in [1.807, 2.05) is 6.92 Å². The van der Waals surface area contributed by atoms with Gasteiger partial charge in [0.25, 0.3) is 0 Å². The number of hydrogen-bond acceptors (Lipinski definition) is 4. The first-order valence-electron chi connectivity index (χ1n) is 6.52. The van der Waals surface area contributed by atoms with Crippen LogP contribution in [0.15, 0.2) is 22.6 Å². The Labute approximate surface area is 118 Å². The van der Waals surface area contributed by atoms with Gasteiger partial charge in [-0.25, -0.2) is 4.98 Å². The summed E-state index contributed by atoms with van der Waals surface area (Å²) in [5, 5.41) is 8.55. The number of rotatable bonds is 3. The number of nitrogens with zero attached hydrogens (tertiary/aromatic N) is 4. The van der Waals surface area contributed by atoms with Crippen molar-refractivity contribution in [2.45, 2.75) is 39.0 Å². The molecular weight excluding hydrogens is 262 g/mol. The minimum atomic E-state index is 0.241. The van der Waals surface area contributed by atoms with E-state index in [-0.39, 0.29) is 5.84 Å². The van der Waals surface area contributed by atoms with E-state index in [9.17, 15) is 0 Å². The molecule has 1 aromatic heterocycles. The highest BCUT2D eigenvalue weighted by Crippen LogP contribution is 2.24. The topological polar surface area (TPSA) is 76.5 Å². The summed E-state index contributed by atoms with van der Waals surface area (Å²) in [6.07, 6.45) is 9.24. The van der Waals surface area contributed by atoms with Crippen LogP contribution in [0.4, 0.5) is 0 Å². The van der Waals surface area contributed by atoms with Crippen molar-refractivity contribution in [3.63, 3.8) is 0 Å². The summed E-state index contributed by atoms with van der Waals surface area (Å²) in [5.41, 5.74) is 7.31. The first kappa shape index (κ1) is 13.9. The van der Waals surface area contributed by atoms with Crippen LogP contribution in [0.25, 0.3) is 0 Å². The lowest BCUT2D eigenvalue weighted by molar-refractivity contribution is 0.438. The smallest absolute Gasteiger partial charge is 0.173 e. The molecule has 19 heavy (non-hydrogen) atoms. The van der Waals surface area contributed by atoms with Crippen LogP contribution >= 0.6 is 11.6 Å². The second-order valence-corrected chi connectivity index (χ2v) is 5.18. The van der Waals surface area contributed by atoms with Crippen LogP contribution in [0, 0.1) is 5.92 Å². The summed E-state index contributed by atoms with van der Waals surface area (Å²) >= 11 is 5.75. The van der Waals surface area contributed by atoms with E-state index < -0.39 is 0 Å². The van der Waals surface area contributed by atoms with Crippen molar-refractivity contribution in [2.75, 3.05) is 0 Å². The molecule has 1 heterocycles. The number of amidine groups is 1. The third-order valence-corrected chi connectivity index (χ3v) is 3.56. The zero-order valence-corrected chi connectivity index (χ0v) is 11.8. The van der Waals surface area contributed by atoms with Crippen LogP contribution < -0.4 is 5.73 Å². The van der Waals surface area contributed by atoms with E-state index in [1.54, 1.807) is 0 Å². The molecule has 0 aromatic carbocycles. The van der Waals surface area contributed by atoms with E-state index in [4.69, 9.17) is 17.3 Å². The SMILES string of the molecule is CC(=N/N=C(/N)c1cncc(Cl)n1)C1CCCCC1. The lowest BCUT2D eigenvalue weighted by Gasteiger charge is -2.20. The van der Waals surface area contributed by atoms with Gasteiger partial charge in [0.05, 0.1) is 12.4 Å². The van der Waals surface area contributed by atoms with E-state index in [0.29, 0.717) is 16.8 Å². The fraction of sp³-hybridized carbons (Fsp3) is 0.538. The molecule has 1 aromatic rings. The molecule has 1 aliphatic rings. The minimum Gasteiger partial charge on any atom is -0.380 e. The summed E-state index contributed by atoms with van der Waals surface area (Å²) in [6.45, 7) is 2.01. The molecule has 6 heteroatoms. The van der Waals surface area contributed by atoms with Crippen LogP contribution in [0.2, 0.25) is 5.15 Å². The maximum atomic E-state index is 5.82. The molecule has 0 bridgehead atoms. The Hall–Kier alpha value is -1.49. The van der Waals surface area contributed by atoms with Crippen molar-refractivity contribution in [1.82, 2.24) is 9.97 Å². The summed E-state index contributed by atoms with van der Waals surface area (Å²) in [7, 11) is 0. The summed E-state index contributed by atoms with van der Waals surface area (Å²) < 4.78 is 0. The standard InChI is InChI=1S/C13H18ClN5/c1-9(10-5-3-2-4-6-10)18-19-13(15)11-7-16-8-12(14)17-11/h7-8,10H,2-6H2,1H3,(H2,15,19). The van der Waals surface area contributed by atoms with Crippen molar-refractivity contribution in [3.05, 3.63) is 23.2 Å². The van der Waals surface area contributed by atoms with Crippen LogP contribution in [0.1, 0.15) is 44.7 Å². The van der Waals surface area contributed by atoms with Crippen molar-refractivity contribution in [1.29, 1.82) is 0 Å². The van der Waals surface area contributed by atoms with Crippen molar-refractivity contribution >= 4 is 23.1 Å². The van der Waals surface area contributed by atoms with Gasteiger partial charge >= 0.3 is 0 Å². The minimum absolute atomic E-state index is 0.241. The fourth-order valence-electron chi connectivity index (χ4n) is 2.25. The maximum absolute atomic E-state index is 5.82. The zero-order valence-electron chi connectivity index (χ0n) is 11.0. The molecule has 1 fully saturated rings. The van der Waals surface area contributed by atoms with Gasteiger partial charge < -0.3 is 5.73 Å². The number of halogens is 1. The third-order valence-electron chi connectivity index (χ3n) is 3.38. The first-order chi connectivity index (χ1) is 9.16. The lowest BCUT2D eigenvalue weighted by Crippen LogP contribution is -2.17. The highest BCUT2D eigenvalue weighted by atomic mass is 35.5. The summed E-state index contributed by atoms with van der Waals surface area (Å²) in [6, 6.07) is 0. The molecular formula is C13H18ClN5. The predicted octanol–water partition coefficient (Wildman–Crippen LogP) is 2.79. The van der Waals surface area contributed by atoms with Gasteiger partial charge in [-0.05, 0) is 25.7 Å². The van der Waals surface area contributed by atoms with Crippen LogP contribution in [0.5, 0.6) is 0 Å². The van der Waals surface area contributed by atoms with Crippen molar-refractivity contribution in [3.8, 4) is 0 Å². The van der Waals surface area contributed by atoms with E-state index in [2.05, 4.69) is 20.2 Å². The second-order valence-electron chi connectivity index (χ2n) is 4.79. The van der Waals surface area contributed by atoms with Crippen LogP contribution in [0.3, 0.4) is 0 Å². The number of nitrogens with two attached hydrogens (primary N) is 1. The van der Waals surface area contributed by atoms with Gasteiger partial charge in [-0.3, -0.25) is 4.98 Å². The molecule has 1 aliphatic carbocycles.